The van der Waals surface area contributed by atoms with Crippen molar-refractivity contribution in [2.24, 2.45) is 11.8 Å². The molecule has 2 aromatic heterocycles. The third kappa shape index (κ3) is 9.38. The number of alkyl halides is 6. The third-order valence-electron chi connectivity index (χ3n) is 8.78. The molecule has 0 unspecified atom stereocenters. The van der Waals surface area contributed by atoms with Crippen molar-refractivity contribution < 1.29 is 35.9 Å². The average Bonchev–Trinajstić information content (AvgIpc) is 3.97. The van der Waals surface area contributed by atoms with Gasteiger partial charge >= 0.3 is 18.4 Å². The number of tetrazole rings is 1. The highest BCUT2D eigenvalue weighted by Crippen LogP contribution is 2.46. The van der Waals surface area contributed by atoms with Gasteiger partial charge in [-0.2, -0.15) is 31.1 Å². The van der Waals surface area contributed by atoms with Crippen LogP contribution >= 0.6 is 0 Å². The molecule has 0 radical (unpaired) electrons. The van der Waals surface area contributed by atoms with Crippen LogP contribution in [0.25, 0.3) is 10.9 Å². The second-order valence-electron chi connectivity index (χ2n) is 14.4. The molecular formula is C35H40F6N8O2. The maximum absolute atomic E-state index is 13.8. The maximum atomic E-state index is 13.8. The van der Waals surface area contributed by atoms with Crippen LogP contribution in [0.3, 0.4) is 0 Å². The van der Waals surface area contributed by atoms with Gasteiger partial charge in [0.25, 0.3) is 5.95 Å². The van der Waals surface area contributed by atoms with Gasteiger partial charge in [-0.05, 0) is 106 Å². The number of anilines is 2. The number of aromatic nitrogens is 5. The number of ether oxygens (including phenoxy) is 1. The fourth-order valence-electron chi connectivity index (χ4n) is 6.09. The molecule has 2 aliphatic rings. The fraction of sp³-hybridized carbons (Fsp3) is 0.514. The molecule has 0 saturated heterocycles. The predicted octanol–water partition coefficient (Wildman–Crippen LogP) is 7.90. The normalized spacial score (nSPS) is 15.4. The smallest absolute Gasteiger partial charge is 0.416 e. The second kappa shape index (κ2) is 13.8. The van der Waals surface area contributed by atoms with Crippen LogP contribution in [-0.4, -0.2) is 49.5 Å². The topological polar surface area (TPSA) is 110 Å². The molecule has 2 aliphatic carbocycles. The number of benzene rings is 2. The van der Waals surface area contributed by atoms with E-state index in [-0.39, 0.29) is 43.3 Å². The van der Waals surface area contributed by atoms with Crippen molar-refractivity contribution in [1.82, 2.24) is 30.5 Å². The van der Waals surface area contributed by atoms with Crippen molar-refractivity contribution in [2.75, 3.05) is 16.8 Å². The Bertz CT molecular complexity index is 1830. The number of hydrogen-bond acceptors (Lipinski definition) is 8. The highest BCUT2D eigenvalue weighted by Gasteiger charge is 2.42. The number of hydrogen-bond donors (Lipinski definition) is 2. The maximum Gasteiger partial charge on any atom is 0.416 e. The summed E-state index contributed by atoms with van der Waals surface area (Å²) in [5.41, 5.74) is -1.37. The van der Waals surface area contributed by atoms with Crippen LogP contribution in [0, 0.1) is 18.8 Å². The number of nitrogens with zero attached hydrogens (tertiary/aromatic N) is 6. The Labute approximate surface area is 290 Å². The van der Waals surface area contributed by atoms with Crippen LogP contribution in [-0.2, 0) is 36.7 Å². The van der Waals surface area contributed by atoms with E-state index >= 15 is 0 Å². The molecule has 10 nitrogen and oxygen atoms in total. The standard InChI is InChI=1S/C35H40F6N8O2/c1-20-6-5-7-24-16-25(30(43-28(20)24)44-29(22-8-9-22)23-10-11-23)19-48(18-21-14-26(34(36,37)38)17-27(15-21)35(39,40)41)31-45-47-49(46-31)13-12-42-32(50)51-33(2,3)4/h5-7,14-17,22-23,29H,8-13,18-19H2,1-4H3,(H,42,50)(H,43,44). The number of para-hydroxylation sites is 1. The van der Waals surface area contributed by atoms with Crippen molar-refractivity contribution in [3.05, 3.63) is 70.3 Å². The molecule has 2 heterocycles. The number of alkyl carbamates (subject to hydrolysis) is 1. The first-order valence-corrected chi connectivity index (χ1v) is 16.9. The molecule has 0 bridgehead atoms. The molecule has 4 aromatic rings. The Hall–Kier alpha value is -4.63. The van der Waals surface area contributed by atoms with Gasteiger partial charge in [0.2, 0.25) is 0 Å². The number of pyridine rings is 1. The SMILES string of the molecule is Cc1cccc2cc(CN(Cc3cc(C(F)(F)F)cc(C(F)(F)F)c3)c3nnn(CCNC(=O)OC(C)(C)C)n3)c(NC(C3CC3)C3CC3)nc12. The van der Waals surface area contributed by atoms with Gasteiger partial charge in [0, 0.05) is 36.6 Å². The zero-order valence-corrected chi connectivity index (χ0v) is 28.7. The van der Waals surface area contributed by atoms with Crippen molar-refractivity contribution in [3.63, 3.8) is 0 Å². The average molecular weight is 719 g/mol. The Morgan fingerprint density at radius 2 is 1.61 bits per heavy atom. The molecule has 0 aliphatic heterocycles. The highest BCUT2D eigenvalue weighted by molar-refractivity contribution is 5.84. The lowest BCUT2D eigenvalue weighted by Crippen LogP contribution is -2.34. The summed E-state index contributed by atoms with van der Waals surface area (Å²) in [6, 6.07) is 9.41. The minimum absolute atomic E-state index is 0.0132. The summed E-state index contributed by atoms with van der Waals surface area (Å²) in [7, 11) is 0. The minimum Gasteiger partial charge on any atom is -0.444 e. The molecule has 2 saturated carbocycles. The molecule has 51 heavy (non-hydrogen) atoms. The summed E-state index contributed by atoms with van der Waals surface area (Å²) >= 11 is 0. The predicted molar refractivity (Wildman–Crippen MR) is 178 cm³/mol. The lowest BCUT2D eigenvalue weighted by molar-refractivity contribution is -0.143. The van der Waals surface area contributed by atoms with E-state index in [0.717, 1.165) is 42.1 Å². The van der Waals surface area contributed by atoms with Crippen LogP contribution in [0.2, 0.25) is 0 Å². The summed E-state index contributed by atoms with van der Waals surface area (Å²) < 4.78 is 88.2. The molecule has 274 valence electrons. The molecule has 16 heteroatoms. The van der Waals surface area contributed by atoms with E-state index in [4.69, 9.17) is 9.72 Å². The number of rotatable bonds is 12. The van der Waals surface area contributed by atoms with Gasteiger partial charge in [0.15, 0.2) is 0 Å². The van der Waals surface area contributed by atoms with Crippen LogP contribution in [0.5, 0.6) is 0 Å². The Morgan fingerprint density at radius 1 is 0.961 bits per heavy atom. The van der Waals surface area contributed by atoms with E-state index in [2.05, 4.69) is 26.0 Å². The molecule has 0 spiro atoms. The zero-order chi connectivity index (χ0) is 36.7. The zero-order valence-electron chi connectivity index (χ0n) is 28.7. The largest absolute Gasteiger partial charge is 0.444 e. The molecule has 0 atom stereocenters. The monoisotopic (exact) mass is 718 g/mol. The number of aryl methyl sites for hydroxylation is 1. The van der Waals surface area contributed by atoms with E-state index in [1.54, 1.807) is 20.8 Å². The molecule has 1 amide bonds. The van der Waals surface area contributed by atoms with Gasteiger partial charge in [-0.15, -0.1) is 5.10 Å². The van der Waals surface area contributed by atoms with Gasteiger partial charge < -0.3 is 20.3 Å². The first-order chi connectivity index (χ1) is 23.9. The fourth-order valence-corrected chi connectivity index (χ4v) is 6.09. The quantitative estimate of drug-likeness (QED) is 0.142. The van der Waals surface area contributed by atoms with Crippen LogP contribution in [0.4, 0.5) is 42.9 Å². The number of fused-ring (bicyclic) bond motifs is 1. The van der Waals surface area contributed by atoms with E-state index in [0.29, 0.717) is 35.3 Å². The van der Waals surface area contributed by atoms with Gasteiger partial charge in [0.1, 0.15) is 11.4 Å². The number of nitrogens with one attached hydrogen (secondary N) is 2. The molecule has 2 fully saturated rings. The van der Waals surface area contributed by atoms with Crippen LogP contribution in [0.1, 0.15) is 74.3 Å². The summed E-state index contributed by atoms with van der Waals surface area (Å²) in [6.45, 7) is 6.83. The van der Waals surface area contributed by atoms with Gasteiger partial charge in [0.05, 0.1) is 23.2 Å². The lowest BCUT2D eigenvalue weighted by Gasteiger charge is -2.26. The van der Waals surface area contributed by atoms with E-state index in [1.165, 1.54) is 9.70 Å². The molecule has 6 rings (SSSR count). The Kier molecular flexibility index (Phi) is 9.81. The first kappa shape index (κ1) is 36.2. The number of carbonyl (C=O) groups excluding carboxylic acids is 1. The van der Waals surface area contributed by atoms with Gasteiger partial charge in [-0.25, -0.2) is 9.78 Å². The van der Waals surface area contributed by atoms with Crippen molar-refractivity contribution in [3.8, 4) is 0 Å². The Balaban J connectivity index is 1.36. The van der Waals surface area contributed by atoms with E-state index in [1.807, 2.05) is 31.2 Å². The third-order valence-corrected chi connectivity index (χ3v) is 8.78. The second-order valence-corrected chi connectivity index (χ2v) is 14.4. The van der Waals surface area contributed by atoms with Crippen molar-refractivity contribution >= 4 is 28.8 Å². The number of amides is 1. The van der Waals surface area contributed by atoms with E-state index < -0.39 is 41.7 Å². The van der Waals surface area contributed by atoms with Crippen molar-refractivity contribution in [2.45, 2.75) is 97.0 Å². The summed E-state index contributed by atoms with van der Waals surface area (Å²) in [5.74, 6) is 1.59. The Morgan fingerprint density at radius 3 is 2.20 bits per heavy atom. The lowest BCUT2D eigenvalue weighted by atomic mass is 10.0. The van der Waals surface area contributed by atoms with Gasteiger partial charge in [-0.3, -0.25) is 0 Å². The minimum atomic E-state index is -5.01. The van der Waals surface area contributed by atoms with Gasteiger partial charge in [-0.1, -0.05) is 23.3 Å². The highest BCUT2D eigenvalue weighted by atomic mass is 19.4. The first-order valence-electron chi connectivity index (χ1n) is 16.9. The molecular weight excluding hydrogens is 678 g/mol. The van der Waals surface area contributed by atoms with Crippen LogP contribution < -0.4 is 15.5 Å². The van der Waals surface area contributed by atoms with Crippen LogP contribution in [0.15, 0.2) is 42.5 Å². The molecule has 2 N–H and O–H groups in total. The summed E-state index contributed by atoms with van der Waals surface area (Å²) in [5, 5.41) is 19.7. The summed E-state index contributed by atoms with van der Waals surface area (Å²) in [4.78, 5) is 19.8. The van der Waals surface area contributed by atoms with Crippen molar-refractivity contribution in [1.29, 1.82) is 0 Å². The summed E-state index contributed by atoms with van der Waals surface area (Å²) in [6.07, 6.45) is -6.25. The molecule has 2 aromatic carbocycles. The number of halogens is 6. The number of carbonyl (C=O) groups is 1. The van der Waals surface area contributed by atoms with E-state index in [9.17, 15) is 31.1 Å².